The number of rotatable bonds is 3. The van der Waals surface area contributed by atoms with Crippen molar-refractivity contribution < 1.29 is 9.66 Å². The molecular weight excluding hydrogens is 328 g/mol. The Hall–Kier alpha value is -2.82. The number of nitro benzene ring substituents is 1. The van der Waals surface area contributed by atoms with Gasteiger partial charge in [0.1, 0.15) is 0 Å². The molecule has 1 aliphatic heterocycles. The largest absolute Gasteiger partial charge is 0.490 e. The van der Waals surface area contributed by atoms with Crippen molar-refractivity contribution >= 4 is 11.4 Å². The molecule has 5 nitrogen and oxygen atoms in total. The van der Waals surface area contributed by atoms with Crippen LogP contribution >= 0.6 is 0 Å². The van der Waals surface area contributed by atoms with Crippen molar-refractivity contribution in [1.29, 1.82) is 0 Å². The maximum absolute atomic E-state index is 11.4. The molecule has 26 heavy (non-hydrogen) atoms. The average Bonchev–Trinajstić information content (AvgIpc) is 3.13. The van der Waals surface area contributed by atoms with Crippen LogP contribution in [0.2, 0.25) is 0 Å². The Morgan fingerprint density at radius 3 is 2.69 bits per heavy atom. The zero-order chi connectivity index (χ0) is 18.4. The number of aryl methyl sites for hydroxylation is 2. The van der Waals surface area contributed by atoms with Gasteiger partial charge in [0.15, 0.2) is 5.75 Å². The molecule has 1 aliphatic carbocycles. The molecule has 1 N–H and O–H groups in total. The summed E-state index contributed by atoms with van der Waals surface area (Å²) in [5, 5.41) is 15.1. The van der Waals surface area contributed by atoms with Gasteiger partial charge in [-0.25, -0.2) is 0 Å². The van der Waals surface area contributed by atoms with E-state index in [0.29, 0.717) is 17.6 Å². The topological polar surface area (TPSA) is 64.4 Å². The molecule has 134 valence electrons. The lowest BCUT2D eigenvalue weighted by atomic mass is 9.75. The number of allylic oxidation sites excluding steroid dienone is 2. The van der Waals surface area contributed by atoms with E-state index in [2.05, 4.69) is 43.4 Å². The van der Waals surface area contributed by atoms with Gasteiger partial charge in [0.05, 0.1) is 18.1 Å². The van der Waals surface area contributed by atoms with Crippen LogP contribution in [0.3, 0.4) is 0 Å². The summed E-state index contributed by atoms with van der Waals surface area (Å²) in [5.74, 6) is 0.997. The third-order valence-corrected chi connectivity index (χ3v) is 5.70. The molecule has 0 saturated carbocycles. The smallest absolute Gasteiger partial charge is 0.311 e. The van der Waals surface area contributed by atoms with Gasteiger partial charge in [-0.15, -0.1) is 0 Å². The van der Waals surface area contributed by atoms with Crippen molar-refractivity contribution in [3.05, 3.63) is 74.9 Å². The van der Waals surface area contributed by atoms with E-state index in [-0.39, 0.29) is 16.7 Å². The van der Waals surface area contributed by atoms with Crippen LogP contribution in [0.15, 0.2) is 42.5 Å². The third-order valence-electron chi connectivity index (χ3n) is 5.70. The lowest BCUT2D eigenvalue weighted by molar-refractivity contribution is -0.385. The zero-order valence-electron chi connectivity index (χ0n) is 15.2. The van der Waals surface area contributed by atoms with Crippen molar-refractivity contribution in [2.24, 2.45) is 5.92 Å². The van der Waals surface area contributed by atoms with Gasteiger partial charge in [-0.3, -0.25) is 10.1 Å². The number of nitro groups is 1. The van der Waals surface area contributed by atoms with Gasteiger partial charge in [-0.05, 0) is 54.5 Å². The van der Waals surface area contributed by atoms with E-state index < -0.39 is 0 Å². The Balaban J connectivity index is 1.83. The highest BCUT2D eigenvalue weighted by atomic mass is 16.6. The Labute approximate surface area is 152 Å². The summed E-state index contributed by atoms with van der Waals surface area (Å²) in [6.45, 7) is 4.26. The summed E-state index contributed by atoms with van der Waals surface area (Å²) in [5.41, 5.74) is 5.98. The van der Waals surface area contributed by atoms with Crippen molar-refractivity contribution in [3.63, 3.8) is 0 Å². The zero-order valence-corrected chi connectivity index (χ0v) is 15.2. The van der Waals surface area contributed by atoms with Crippen LogP contribution in [0, 0.1) is 29.9 Å². The Morgan fingerprint density at radius 1 is 1.19 bits per heavy atom. The highest BCUT2D eigenvalue weighted by molar-refractivity contribution is 5.66. The fraction of sp³-hybridized carbons (Fsp3) is 0.333. The van der Waals surface area contributed by atoms with Gasteiger partial charge in [-0.2, -0.15) is 0 Å². The van der Waals surface area contributed by atoms with Gasteiger partial charge >= 0.3 is 5.69 Å². The summed E-state index contributed by atoms with van der Waals surface area (Å²) in [7, 11) is 1.46. The molecule has 0 fully saturated rings. The van der Waals surface area contributed by atoms with Gasteiger partial charge in [0.2, 0.25) is 0 Å². The second kappa shape index (κ2) is 6.16. The number of hydrogen-bond donors (Lipinski definition) is 1. The number of benzene rings is 2. The summed E-state index contributed by atoms with van der Waals surface area (Å²) >= 11 is 0. The Bertz CT molecular complexity index is 920. The number of anilines is 1. The fourth-order valence-electron chi connectivity index (χ4n) is 4.42. The Morgan fingerprint density at radius 2 is 1.96 bits per heavy atom. The second-order valence-corrected chi connectivity index (χ2v) is 7.15. The molecule has 5 heteroatoms. The van der Waals surface area contributed by atoms with E-state index in [0.717, 1.165) is 12.0 Å². The summed E-state index contributed by atoms with van der Waals surface area (Å²) < 4.78 is 5.15. The molecule has 2 aromatic rings. The normalized spacial score (nSPS) is 23.1. The molecule has 1 heterocycles. The Kier molecular flexibility index (Phi) is 3.94. The number of nitrogens with one attached hydrogen (secondary N) is 1. The molecule has 0 aromatic heterocycles. The van der Waals surface area contributed by atoms with Gasteiger partial charge in [-0.1, -0.05) is 30.4 Å². The molecule has 3 atom stereocenters. The first kappa shape index (κ1) is 16.6. The molecule has 0 bridgehead atoms. The van der Waals surface area contributed by atoms with E-state index in [4.69, 9.17) is 4.74 Å². The number of ether oxygens (including phenoxy) is 1. The number of nitrogens with zero attached hydrogens (tertiary/aromatic N) is 1. The first-order valence-corrected chi connectivity index (χ1v) is 8.87. The van der Waals surface area contributed by atoms with E-state index in [1.807, 2.05) is 6.07 Å². The van der Waals surface area contributed by atoms with Gasteiger partial charge in [0.25, 0.3) is 0 Å². The van der Waals surface area contributed by atoms with Crippen LogP contribution in [0.1, 0.15) is 40.6 Å². The quantitative estimate of drug-likeness (QED) is 0.478. The van der Waals surface area contributed by atoms with Crippen LogP contribution in [-0.2, 0) is 0 Å². The number of hydrogen-bond acceptors (Lipinski definition) is 4. The highest BCUT2D eigenvalue weighted by Crippen LogP contribution is 2.52. The van der Waals surface area contributed by atoms with Crippen LogP contribution in [-0.4, -0.2) is 12.0 Å². The van der Waals surface area contributed by atoms with E-state index in [1.165, 1.54) is 29.5 Å². The maximum atomic E-state index is 11.4. The summed E-state index contributed by atoms with van der Waals surface area (Å²) in [6.07, 6.45) is 5.50. The fourth-order valence-corrected chi connectivity index (χ4v) is 4.42. The lowest BCUT2D eigenvalue weighted by Gasteiger charge is -2.39. The van der Waals surface area contributed by atoms with Crippen LogP contribution in [0.5, 0.6) is 5.75 Å². The molecule has 0 radical (unpaired) electrons. The predicted molar refractivity (Wildman–Crippen MR) is 102 cm³/mol. The van der Waals surface area contributed by atoms with E-state index >= 15 is 0 Å². The molecule has 0 saturated heterocycles. The van der Waals surface area contributed by atoms with Crippen LogP contribution in [0.4, 0.5) is 11.4 Å². The molecule has 2 aromatic carbocycles. The minimum absolute atomic E-state index is 0.0149. The maximum Gasteiger partial charge on any atom is 0.311 e. The first-order chi connectivity index (χ1) is 12.5. The number of methoxy groups -OCH3 is 1. The molecule has 0 spiro atoms. The van der Waals surface area contributed by atoms with Gasteiger partial charge in [0, 0.05) is 17.7 Å². The molecular formula is C21H22N2O3. The van der Waals surface area contributed by atoms with Crippen LogP contribution in [0.25, 0.3) is 0 Å². The van der Waals surface area contributed by atoms with Crippen molar-refractivity contribution in [1.82, 2.24) is 0 Å². The van der Waals surface area contributed by atoms with Crippen molar-refractivity contribution in [2.45, 2.75) is 32.2 Å². The minimum Gasteiger partial charge on any atom is -0.490 e. The predicted octanol–water partition coefficient (Wildman–Crippen LogP) is 5.05. The number of fused-ring (bicyclic) bond motifs is 3. The monoisotopic (exact) mass is 350 g/mol. The van der Waals surface area contributed by atoms with Gasteiger partial charge < -0.3 is 10.1 Å². The standard InChI is InChI=1S/C21H22N2O3/c1-12-7-8-13(2)20-19(12)15-5-4-6-16(15)21(22-20)14-9-10-18(26-3)17(11-14)23(24)25/h4-5,7-11,15-16,21-22H,6H2,1-3H3/t15-,16-,21-/m0/s1. The summed E-state index contributed by atoms with van der Waals surface area (Å²) in [4.78, 5) is 11.1. The molecule has 0 unspecified atom stereocenters. The lowest BCUT2D eigenvalue weighted by Crippen LogP contribution is -2.30. The highest BCUT2D eigenvalue weighted by Gasteiger charge is 2.39. The average molecular weight is 350 g/mol. The molecule has 4 rings (SSSR count). The second-order valence-electron chi connectivity index (χ2n) is 7.15. The molecule has 0 amide bonds. The van der Waals surface area contributed by atoms with E-state index in [1.54, 1.807) is 12.1 Å². The SMILES string of the molecule is COc1ccc([C@@H]2Nc3c(C)ccc(C)c3[C@H]3C=CC[C@@H]32)cc1[N+](=O)[O-]. The van der Waals surface area contributed by atoms with E-state index in [9.17, 15) is 10.1 Å². The molecule has 2 aliphatic rings. The summed E-state index contributed by atoms with van der Waals surface area (Å²) in [6, 6.07) is 9.64. The van der Waals surface area contributed by atoms with Crippen molar-refractivity contribution in [2.75, 3.05) is 12.4 Å². The van der Waals surface area contributed by atoms with Crippen LogP contribution < -0.4 is 10.1 Å². The third kappa shape index (κ3) is 2.46. The first-order valence-electron chi connectivity index (χ1n) is 8.87. The minimum atomic E-state index is -0.376. The van der Waals surface area contributed by atoms with Crippen molar-refractivity contribution in [3.8, 4) is 5.75 Å².